The Labute approximate surface area is 133 Å². The number of aryl methyl sites for hydroxylation is 2. The molecule has 0 amide bonds. The van der Waals surface area contributed by atoms with Crippen LogP contribution in [0.5, 0.6) is 0 Å². The molecular formula is C12H12BrClIN3. The molecule has 1 N–H and O–H groups in total. The van der Waals surface area contributed by atoms with Crippen molar-refractivity contribution in [2.45, 2.75) is 13.5 Å². The van der Waals surface area contributed by atoms with Crippen LogP contribution < -0.4 is 5.32 Å². The summed E-state index contributed by atoms with van der Waals surface area (Å²) in [6, 6.07) is 6.15. The topological polar surface area (TPSA) is 29.9 Å². The van der Waals surface area contributed by atoms with Crippen LogP contribution in [0.3, 0.4) is 0 Å². The van der Waals surface area contributed by atoms with Gasteiger partial charge in [0.05, 0.1) is 5.69 Å². The van der Waals surface area contributed by atoms with Gasteiger partial charge in [0.15, 0.2) is 0 Å². The molecular weight excluding hydrogens is 428 g/mol. The number of nitrogens with zero attached hydrogens (tertiary/aromatic N) is 2. The zero-order valence-electron chi connectivity index (χ0n) is 9.97. The molecule has 0 aliphatic heterocycles. The van der Waals surface area contributed by atoms with Gasteiger partial charge >= 0.3 is 0 Å². The van der Waals surface area contributed by atoms with Crippen molar-refractivity contribution >= 4 is 55.8 Å². The van der Waals surface area contributed by atoms with Crippen molar-refractivity contribution in [3.8, 4) is 0 Å². The van der Waals surface area contributed by atoms with Gasteiger partial charge in [0.1, 0.15) is 5.15 Å². The lowest BCUT2D eigenvalue weighted by molar-refractivity contribution is 0.757. The molecule has 0 unspecified atom stereocenters. The largest absolute Gasteiger partial charge is 0.381 e. The number of hydrogen-bond acceptors (Lipinski definition) is 2. The summed E-state index contributed by atoms with van der Waals surface area (Å²) in [6.07, 6.45) is 0. The predicted molar refractivity (Wildman–Crippen MR) is 87.1 cm³/mol. The fourth-order valence-electron chi connectivity index (χ4n) is 1.67. The van der Waals surface area contributed by atoms with E-state index in [0.717, 1.165) is 21.4 Å². The number of aromatic nitrogens is 2. The van der Waals surface area contributed by atoms with Crippen LogP contribution in [0.1, 0.15) is 11.3 Å². The molecule has 0 saturated heterocycles. The molecule has 96 valence electrons. The van der Waals surface area contributed by atoms with Crippen molar-refractivity contribution in [2.24, 2.45) is 7.05 Å². The highest BCUT2D eigenvalue weighted by Gasteiger charge is 2.10. The molecule has 3 nitrogen and oxygen atoms in total. The minimum atomic E-state index is 0.677. The molecule has 0 aliphatic rings. The predicted octanol–water partition coefficient (Wildman–Crippen LogP) is 4.36. The summed E-state index contributed by atoms with van der Waals surface area (Å²) in [7, 11) is 1.85. The standard InChI is InChI=1S/C12H12BrClIN3/c1-7-9(12(14)18(2)17-7)6-16-8-3-4-10(13)11(15)5-8/h3-5,16H,6H2,1-2H3. The van der Waals surface area contributed by atoms with E-state index in [1.54, 1.807) is 4.68 Å². The summed E-state index contributed by atoms with van der Waals surface area (Å²) in [6.45, 7) is 2.64. The van der Waals surface area contributed by atoms with E-state index in [0.29, 0.717) is 11.7 Å². The van der Waals surface area contributed by atoms with Gasteiger partial charge in [-0.25, -0.2) is 0 Å². The van der Waals surface area contributed by atoms with Gasteiger partial charge in [0.2, 0.25) is 0 Å². The van der Waals surface area contributed by atoms with E-state index in [4.69, 9.17) is 11.6 Å². The third-order valence-corrected chi connectivity index (χ3v) is 5.46. The highest BCUT2D eigenvalue weighted by atomic mass is 127. The maximum Gasteiger partial charge on any atom is 0.131 e. The summed E-state index contributed by atoms with van der Waals surface area (Å²) in [5.74, 6) is 0. The second-order valence-corrected chi connectivity index (χ2v) is 6.34. The van der Waals surface area contributed by atoms with Gasteiger partial charge in [-0.15, -0.1) is 0 Å². The Kier molecular flexibility index (Phi) is 4.55. The Morgan fingerprint density at radius 2 is 2.22 bits per heavy atom. The van der Waals surface area contributed by atoms with E-state index < -0.39 is 0 Å². The Bertz CT molecular complexity index is 583. The van der Waals surface area contributed by atoms with Gasteiger partial charge in [-0.05, 0) is 63.6 Å². The lowest BCUT2D eigenvalue weighted by atomic mass is 10.2. The Morgan fingerprint density at radius 3 is 2.78 bits per heavy atom. The van der Waals surface area contributed by atoms with Gasteiger partial charge in [-0.1, -0.05) is 11.6 Å². The molecule has 0 atom stereocenters. The minimum absolute atomic E-state index is 0.677. The zero-order valence-corrected chi connectivity index (χ0v) is 14.5. The number of benzene rings is 1. The van der Waals surface area contributed by atoms with Crippen molar-refractivity contribution in [3.63, 3.8) is 0 Å². The van der Waals surface area contributed by atoms with Crippen LogP contribution in [0.15, 0.2) is 22.7 Å². The zero-order chi connectivity index (χ0) is 13.3. The summed E-state index contributed by atoms with van der Waals surface area (Å²) in [5.41, 5.74) is 3.07. The second-order valence-electron chi connectivity index (χ2n) is 3.96. The molecule has 0 radical (unpaired) electrons. The summed E-state index contributed by atoms with van der Waals surface area (Å²) >= 11 is 12.0. The highest BCUT2D eigenvalue weighted by Crippen LogP contribution is 2.24. The molecule has 2 rings (SSSR count). The normalized spacial score (nSPS) is 10.7. The molecule has 0 bridgehead atoms. The minimum Gasteiger partial charge on any atom is -0.381 e. The van der Waals surface area contributed by atoms with Gasteiger partial charge < -0.3 is 5.32 Å². The molecule has 0 saturated carbocycles. The summed E-state index contributed by atoms with van der Waals surface area (Å²) < 4.78 is 3.97. The van der Waals surface area contributed by atoms with Gasteiger partial charge in [-0.3, -0.25) is 4.68 Å². The van der Waals surface area contributed by atoms with Crippen molar-refractivity contribution in [1.29, 1.82) is 0 Å². The number of rotatable bonds is 3. The SMILES string of the molecule is Cc1nn(C)c(Cl)c1CNc1ccc(Br)c(I)c1. The number of hydrogen-bond donors (Lipinski definition) is 1. The van der Waals surface area contributed by atoms with Gasteiger partial charge in [-0.2, -0.15) is 5.10 Å². The van der Waals surface area contributed by atoms with Crippen LogP contribution in [-0.4, -0.2) is 9.78 Å². The molecule has 6 heteroatoms. The first-order valence-electron chi connectivity index (χ1n) is 5.36. The van der Waals surface area contributed by atoms with Crippen molar-refractivity contribution in [3.05, 3.63) is 42.7 Å². The van der Waals surface area contributed by atoms with E-state index in [9.17, 15) is 0 Å². The third kappa shape index (κ3) is 3.00. The number of halogens is 3. The van der Waals surface area contributed by atoms with Crippen LogP contribution in [0.2, 0.25) is 5.15 Å². The van der Waals surface area contributed by atoms with E-state index in [-0.39, 0.29) is 0 Å². The van der Waals surface area contributed by atoms with Crippen molar-refractivity contribution in [1.82, 2.24) is 9.78 Å². The second kappa shape index (κ2) is 5.79. The van der Waals surface area contributed by atoms with E-state index >= 15 is 0 Å². The Balaban J connectivity index is 2.14. The molecule has 18 heavy (non-hydrogen) atoms. The maximum atomic E-state index is 6.19. The van der Waals surface area contributed by atoms with E-state index in [1.165, 1.54) is 3.57 Å². The van der Waals surface area contributed by atoms with Crippen LogP contribution in [-0.2, 0) is 13.6 Å². The van der Waals surface area contributed by atoms with Gasteiger partial charge in [0.25, 0.3) is 0 Å². The first-order chi connectivity index (χ1) is 8.49. The Morgan fingerprint density at radius 1 is 1.50 bits per heavy atom. The van der Waals surface area contributed by atoms with Crippen molar-refractivity contribution in [2.75, 3.05) is 5.32 Å². The average molecular weight is 441 g/mol. The first-order valence-corrected chi connectivity index (χ1v) is 7.61. The molecule has 0 aliphatic carbocycles. The van der Waals surface area contributed by atoms with Crippen LogP contribution in [0.25, 0.3) is 0 Å². The quantitative estimate of drug-likeness (QED) is 0.719. The Hall–Kier alpha value is -0.270. The molecule has 1 heterocycles. The molecule has 2 aromatic rings. The third-order valence-electron chi connectivity index (χ3n) is 2.66. The van der Waals surface area contributed by atoms with E-state index in [1.807, 2.05) is 26.1 Å². The monoisotopic (exact) mass is 439 g/mol. The average Bonchev–Trinajstić information content (AvgIpc) is 2.56. The fourth-order valence-corrected chi connectivity index (χ4v) is 2.67. The van der Waals surface area contributed by atoms with E-state index in [2.05, 4.69) is 55.0 Å². The van der Waals surface area contributed by atoms with Crippen LogP contribution in [0, 0.1) is 10.5 Å². The van der Waals surface area contributed by atoms with Crippen LogP contribution in [0.4, 0.5) is 5.69 Å². The molecule has 0 spiro atoms. The lowest BCUT2D eigenvalue weighted by Crippen LogP contribution is -2.01. The first kappa shape index (κ1) is 14.1. The van der Waals surface area contributed by atoms with Gasteiger partial charge in [0, 0.05) is 32.9 Å². The lowest BCUT2D eigenvalue weighted by Gasteiger charge is -2.07. The number of anilines is 1. The maximum absolute atomic E-state index is 6.19. The summed E-state index contributed by atoms with van der Waals surface area (Å²) in [4.78, 5) is 0. The number of nitrogens with one attached hydrogen (secondary N) is 1. The molecule has 0 fully saturated rings. The van der Waals surface area contributed by atoms with Crippen molar-refractivity contribution < 1.29 is 0 Å². The molecule has 1 aromatic heterocycles. The highest BCUT2D eigenvalue weighted by molar-refractivity contribution is 14.1. The molecule has 1 aromatic carbocycles. The summed E-state index contributed by atoms with van der Waals surface area (Å²) in [5, 5.41) is 8.34. The fraction of sp³-hybridized carbons (Fsp3) is 0.250. The smallest absolute Gasteiger partial charge is 0.131 e. The van der Waals surface area contributed by atoms with Crippen LogP contribution >= 0.6 is 50.1 Å².